The Labute approximate surface area is 204 Å². The van der Waals surface area contributed by atoms with E-state index in [4.69, 9.17) is 4.74 Å². The first kappa shape index (κ1) is 25.9. The van der Waals surface area contributed by atoms with Crippen LogP contribution in [0.2, 0.25) is 0 Å². The maximum absolute atomic E-state index is 13.3. The van der Waals surface area contributed by atoms with Crippen molar-refractivity contribution in [2.24, 2.45) is 7.05 Å². The number of amides is 1. The van der Waals surface area contributed by atoms with Gasteiger partial charge in [-0.05, 0) is 64.4 Å². The van der Waals surface area contributed by atoms with Crippen LogP contribution in [-0.2, 0) is 17.1 Å². The maximum atomic E-state index is 13.3. The Morgan fingerprint density at radius 1 is 1.09 bits per heavy atom. The van der Waals surface area contributed by atoms with Crippen molar-refractivity contribution in [2.75, 3.05) is 5.32 Å². The van der Waals surface area contributed by atoms with Crippen molar-refractivity contribution in [3.05, 3.63) is 64.8 Å². The van der Waals surface area contributed by atoms with Crippen molar-refractivity contribution in [2.45, 2.75) is 45.1 Å². The molecule has 2 aromatic carbocycles. The molecule has 0 radical (unpaired) electrons. The fourth-order valence-electron chi connectivity index (χ4n) is 3.43. The van der Waals surface area contributed by atoms with Gasteiger partial charge in [-0.25, -0.2) is 22.6 Å². The number of sulfonamides is 1. The molecular formula is C24H28N4O6S. The van der Waals surface area contributed by atoms with Crippen LogP contribution in [0.25, 0.3) is 0 Å². The van der Waals surface area contributed by atoms with E-state index < -0.39 is 27.4 Å². The molecule has 0 aliphatic carbocycles. The minimum atomic E-state index is -4.11. The van der Waals surface area contributed by atoms with E-state index in [1.54, 1.807) is 45.9 Å². The minimum absolute atomic E-state index is 0.0568. The lowest BCUT2D eigenvalue weighted by Gasteiger charge is -2.22. The molecule has 11 heteroatoms. The average molecular weight is 501 g/mol. The number of benzene rings is 2. The van der Waals surface area contributed by atoms with Gasteiger partial charge in [-0.2, -0.15) is 5.10 Å². The predicted octanol–water partition coefficient (Wildman–Crippen LogP) is 3.86. The number of carbonyl (C=O) groups is 2. The molecule has 0 bridgehead atoms. The van der Waals surface area contributed by atoms with Crippen LogP contribution >= 0.6 is 0 Å². The molecule has 3 rings (SSSR count). The highest BCUT2D eigenvalue weighted by Gasteiger charge is 2.28. The van der Waals surface area contributed by atoms with E-state index in [-0.39, 0.29) is 33.5 Å². The predicted molar refractivity (Wildman–Crippen MR) is 131 cm³/mol. The Balaban J connectivity index is 2.07. The number of carboxylic acids is 1. The Hall–Kier alpha value is -3.70. The number of hydrogen-bond donors (Lipinski definition) is 3. The summed E-state index contributed by atoms with van der Waals surface area (Å²) in [7, 11) is -2.61. The van der Waals surface area contributed by atoms with Gasteiger partial charge in [0.2, 0.25) is 15.9 Å². The van der Waals surface area contributed by atoms with Crippen LogP contribution in [0.1, 0.15) is 52.7 Å². The number of aromatic carboxylic acids is 1. The molecule has 10 nitrogen and oxygen atoms in total. The molecule has 35 heavy (non-hydrogen) atoms. The summed E-state index contributed by atoms with van der Waals surface area (Å²) in [6, 6.07) is 11.2. The number of nitrogens with one attached hydrogen (secondary N) is 2. The lowest BCUT2D eigenvalue weighted by Crippen LogP contribution is -2.40. The van der Waals surface area contributed by atoms with E-state index in [2.05, 4.69) is 15.1 Å². The monoisotopic (exact) mass is 500 g/mol. The third kappa shape index (κ3) is 5.87. The summed E-state index contributed by atoms with van der Waals surface area (Å²) >= 11 is 0. The molecule has 0 aliphatic rings. The Kier molecular flexibility index (Phi) is 7.04. The quantitative estimate of drug-likeness (QED) is 0.448. The van der Waals surface area contributed by atoms with Crippen molar-refractivity contribution < 1.29 is 27.9 Å². The van der Waals surface area contributed by atoms with Gasteiger partial charge in [0.15, 0.2) is 5.69 Å². The summed E-state index contributed by atoms with van der Waals surface area (Å²) in [4.78, 5) is 24.0. The number of anilines is 1. The fourth-order valence-corrected chi connectivity index (χ4v) is 5.00. The summed E-state index contributed by atoms with van der Waals surface area (Å²) in [5.74, 6) is -1.60. The van der Waals surface area contributed by atoms with E-state index in [0.717, 1.165) is 5.56 Å². The standard InChI is InChI=1S/C24H28N4O6S/c1-14-9-7-8-10-17(14)21(29)25-16-11-12-18(19(13-16)35(32,33)27-24(3,4)5)34-22-15(2)20(23(30)31)26-28(22)6/h7-13,27H,1-6H3,(H,25,29)(H,30,31). The normalized spacial score (nSPS) is 11.8. The largest absolute Gasteiger partial charge is 0.476 e. The molecule has 0 spiro atoms. The van der Waals surface area contributed by atoms with Crippen molar-refractivity contribution in [3.63, 3.8) is 0 Å². The second-order valence-corrected chi connectivity index (χ2v) is 10.7. The molecule has 0 saturated heterocycles. The summed E-state index contributed by atoms with van der Waals surface area (Å²) in [5.41, 5.74) is 0.707. The second-order valence-electron chi connectivity index (χ2n) is 9.10. The number of nitrogens with zero attached hydrogens (tertiary/aromatic N) is 2. The van der Waals surface area contributed by atoms with Gasteiger partial charge in [-0.3, -0.25) is 4.79 Å². The first-order chi connectivity index (χ1) is 16.2. The smallest absolute Gasteiger partial charge is 0.356 e. The van der Waals surface area contributed by atoms with Gasteiger partial charge in [0.05, 0.1) is 0 Å². The maximum Gasteiger partial charge on any atom is 0.356 e. The zero-order valence-corrected chi connectivity index (χ0v) is 21.1. The second kappa shape index (κ2) is 9.51. The Morgan fingerprint density at radius 3 is 2.31 bits per heavy atom. The lowest BCUT2D eigenvalue weighted by molar-refractivity contribution is 0.0688. The summed E-state index contributed by atoms with van der Waals surface area (Å²) in [6.07, 6.45) is 0. The molecule has 0 unspecified atom stereocenters. The van der Waals surface area contributed by atoms with Gasteiger partial charge in [-0.1, -0.05) is 18.2 Å². The van der Waals surface area contributed by atoms with E-state index in [1.165, 1.54) is 36.9 Å². The number of carboxylic acid groups (broad SMARTS) is 1. The van der Waals surface area contributed by atoms with Crippen molar-refractivity contribution in [3.8, 4) is 11.6 Å². The number of hydrogen-bond acceptors (Lipinski definition) is 6. The first-order valence-electron chi connectivity index (χ1n) is 10.7. The van der Waals surface area contributed by atoms with E-state index in [0.29, 0.717) is 5.56 Å². The number of rotatable bonds is 7. The van der Waals surface area contributed by atoms with Gasteiger partial charge in [0.1, 0.15) is 10.6 Å². The molecule has 0 saturated carbocycles. The van der Waals surface area contributed by atoms with E-state index in [1.807, 2.05) is 6.07 Å². The summed E-state index contributed by atoms with van der Waals surface area (Å²) < 4.78 is 36.2. The van der Waals surface area contributed by atoms with Crippen LogP contribution in [0.4, 0.5) is 5.69 Å². The van der Waals surface area contributed by atoms with Crippen LogP contribution in [0.5, 0.6) is 11.6 Å². The molecular weight excluding hydrogens is 472 g/mol. The molecule has 1 heterocycles. The van der Waals surface area contributed by atoms with Crippen LogP contribution in [0, 0.1) is 13.8 Å². The van der Waals surface area contributed by atoms with E-state index in [9.17, 15) is 23.1 Å². The van der Waals surface area contributed by atoms with Gasteiger partial charge < -0.3 is 15.2 Å². The molecule has 1 amide bonds. The molecule has 0 atom stereocenters. The lowest BCUT2D eigenvalue weighted by atomic mass is 10.1. The van der Waals surface area contributed by atoms with Gasteiger partial charge >= 0.3 is 5.97 Å². The molecule has 3 aromatic rings. The first-order valence-corrected chi connectivity index (χ1v) is 12.2. The van der Waals surface area contributed by atoms with Crippen LogP contribution in [-0.4, -0.2) is 40.7 Å². The van der Waals surface area contributed by atoms with Crippen molar-refractivity contribution in [1.29, 1.82) is 0 Å². The van der Waals surface area contributed by atoms with Crippen LogP contribution in [0.15, 0.2) is 47.4 Å². The molecule has 0 aliphatic heterocycles. The van der Waals surface area contributed by atoms with Gasteiger partial charge in [-0.15, -0.1) is 0 Å². The SMILES string of the molecule is Cc1ccccc1C(=O)Nc1ccc(Oc2c(C)c(C(=O)O)nn2C)c(S(=O)(=O)NC(C)(C)C)c1. The number of ether oxygens (including phenoxy) is 1. The zero-order valence-electron chi connectivity index (χ0n) is 20.3. The summed E-state index contributed by atoms with van der Waals surface area (Å²) in [6.45, 7) is 8.40. The highest BCUT2D eigenvalue weighted by atomic mass is 32.2. The van der Waals surface area contributed by atoms with Gasteiger partial charge in [0.25, 0.3) is 5.91 Å². The van der Waals surface area contributed by atoms with Gasteiger partial charge in [0, 0.05) is 29.4 Å². The Bertz CT molecular complexity index is 1400. The van der Waals surface area contributed by atoms with Crippen molar-refractivity contribution in [1.82, 2.24) is 14.5 Å². The Morgan fingerprint density at radius 2 is 1.74 bits per heavy atom. The topological polar surface area (TPSA) is 140 Å². The average Bonchev–Trinajstić information content (AvgIpc) is 3.01. The third-order valence-corrected chi connectivity index (χ3v) is 6.73. The molecule has 3 N–H and O–H groups in total. The fraction of sp³-hybridized carbons (Fsp3) is 0.292. The highest BCUT2D eigenvalue weighted by molar-refractivity contribution is 7.89. The highest BCUT2D eigenvalue weighted by Crippen LogP contribution is 2.34. The molecule has 1 aromatic heterocycles. The van der Waals surface area contributed by atoms with Crippen LogP contribution in [0.3, 0.4) is 0 Å². The minimum Gasteiger partial charge on any atom is -0.476 e. The number of carbonyl (C=O) groups excluding carboxylic acids is 1. The third-order valence-electron chi connectivity index (χ3n) is 4.95. The van der Waals surface area contributed by atoms with Crippen molar-refractivity contribution >= 4 is 27.6 Å². The molecule has 0 fully saturated rings. The number of aromatic nitrogens is 2. The van der Waals surface area contributed by atoms with Crippen LogP contribution < -0.4 is 14.8 Å². The van der Waals surface area contributed by atoms with E-state index >= 15 is 0 Å². The zero-order chi connectivity index (χ0) is 26.1. The number of aryl methyl sites for hydroxylation is 2. The molecule has 186 valence electrons. The summed E-state index contributed by atoms with van der Waals surface area (Å²) in [5, 5.41) is 16.0.